The molecule has 0 aliphatic carbocycles. The minimum Gasteiger partial charge on any atom is -0.463 e. The SMILES string of the molecule is CC(=O)OC[C@H]1OC(O)[C@H](OC(C)=O)[C@@H](O[C@@H]2OC[C@@H](OC(C)=O)[C@H](OC(C)=O)[C@H]2OC(C)=O)[C@@H]1OC(C)=O. The summed E-state index contributed by atoms with van der Waals surface area (Å²) < 4.78 is 48.2. The first-order valence-corrected chi connectivity index (χ1v) is 11.8. The summed E-state index contributed by atoms with van der Waals surface area (Å²) in [6.45, 7) is 5.54. The molecule has 220 valence electrons. The second kappa shape index (κ2) is 14.2. The molecular weight excluding hydrogens is 532 g/mol. The van der Waals surface area contributed by atoms with E-state index in [0.717, 1.165) is 41.5 Å². The van der Waals surface area contributed by atoms with Crippen molar-refractivity contribution >= 4 is 35.8 Å². The second-order valence-corrected chi connectivity index (χ2v) is 8.61. The number of ether oxygens (including phenoxy) is 9. The average Bonchev–Trinajstić information content (AvgIpc) is 2.78. The monoisotopic (exact) mass is 564 g/mol. The zero-order chi connectivity index (χ0) is 29.4. The standard InChI is InChI=1S/C23H32O16/c1-9(24)31-7-16-17(34-11(3)26)19(20(22(30)38-16)36-13(5)28)39-23-21(37-14(6)29)18(35-12(4)27)15(8-32-23)33-10(2)25/h15-23,30H,7-8H2,1-6H3/t15-,16-,17-,18+,19+,20-,21-,22?,23+/m1/s1. The number of aliphatic hydroxyl groups excluding tert-OH is 1. The molecule has 16 heteroatoms. The number of hydrogen-bond donors (Lipinski definition) is 1. The molecule has 2 fully saturated rings. The Morgan fingerprint density at radius 2 is 1.13 bits per heavy atom. The Balaban J connectivity index is 2.50. The Morgan fingerprint density at radius 3 is 1.64 bits per heavy atom. The highest BCUT2D eigenvalue weighted by Crippen LogP contribution is 2.32. The van der Waals surface area contributed by atoms with Gasteiger partial charge in [-0.15, -0.1) is 0 Å². The third kappa shape index (κ3) is 9.42. The van der Waals surface area contributed by atoms with Crippen molar-refractivity contribution in [1.29, 1.82) is 0 Å². The molecule has 1 unspecified atom stereocenters. The molecule has 9 atom stereocenters. The van der Waals surface area contributed by atoms with Gasteiger partial charge >= 0.3 is 35.8 Å². The van der Waals surface area contributed by atoms with E-state index in [-0.39, 0.29) is 0 Å². The Bertz CT molecular complexity index is 933. The first-order chi connectivity index (χ1) is 18.2. The zero-order valence-electron chi connectivity index (χ0n) is 22.2. The lowest BCUT2D eigenvalue weighted by Crippen LogP contribution is -2.65. The maximum Gasteiger partial charge on any atom is 0.303 e. The zero-order valence-corrected chi connectivity index (χ0v) is 22.2. The largest absolute Gasteiger partial charge is 0.463 e. The van der Waals surface area contributed by atoms with Gasteiger partial charge in [-0.25, -0.2) is 0 Å². The lowest BCUT2D eigenvalue weighted by molar-refractivity contribution is -0.346. The van der Waals surface area contributed by atoms with Crippen LogP contribution in [-0.4, -0.2) is 109 Å². The Kier molecular flexibility index (Phi) is 11.6. The van der Waals surface area contributed by atoms with Gasteiger partial charge in [-0.05, 0) is 0 Å². The maximum absolute atomic E-state index is 12.0. The quantitative estimate of drug-likeness (QED) is 0.254. The van der Waals surface area contributed by atoms with Crippen molar-refractivity contribution in [3.8, 4) is 0 Å². The minimum absolute atomic E-state index is 0.404. The van der Waals surface area contributed by atoms with Crippen molar-refractivity contribution < 1.29 is 76.5 Å². The van der Waals surface area contributed by atoms with Crippen molar-refractivity contribution in [1.82, 2.24) is 0 Å². The van der Waals surface area contributed by atoms with Crippen LogP contribution in [0.5, 0.6) is 0 Å². The number of carbonyl (C=O) groups excluding carboxylic acids is 6. The first kappa shape index (κ1) is 31.9. The van der Waals surface area contributed by atoms with Gasteiger partial charge in [0.1, 0.15) is 18.8 Å². The summed E-state index contributed by atoms with van der Waals surface area (Å²) in [5.41, 5.74) is 0. The van der Waals surface area contributed by atoms with Gasteiger partial charge in [0.15, 0.2) is 43.1 Å². The van der Waals surface area contributed by atoms with Crippen molar-refractivity contribution in [2.45, 2.75) is 96.9 Å². The molecule has 2 aliphatic heterocycles. The van der Waals surface area contributed by atoms with E-state index < -0.39 is 104 Å². The molecule has 16 nitrogen and oxygen atoms in total. The van der Waals surface area contributed by atoms with E-state index in [9.17, 15) is 33.9 Å². The molecule has 0 radical (unpaired) electrons. The van der Waals surface area contributed by atoms with Gasteiger partial charge in [-0.3, -0.25) is 28.8 Å². The van der Waals surface area contributed by atoms with E-state index in [0.29, 0.717) is 0 Å². The fourth-order valence-electron chi connectivity index (χ4n) is 4.02. The number of carbonyl (C=O) groups is 6. The van der Waals surface area contributed by atoms with Crippen molar-refractivity contribution in [3.63, 3.8) is 0 Å². The van der Waals surface area contributed by atoms with E-state index in [1.807, 2.05) is 0 Å². The summed E-state index contributed by atoms with van der Waals surface area (Å²) in [5, 5.41) is 10.6. The summed E-state index contributed by atoms with van der Waals surface area (Å²) in [6.07, 6.45) is -13.6. The Hall–Kier alpha value is -3.34. The van der Waals surface area contributed by atoms with E-state index in [1.165, 1.54) is 0 Å². The average molecular weight is 564 g/mol. The molecule has 0 aromatic carbocycles. The van der Waals surface area contributed by atoms with E-state index >= 15 is 0 Å². The van der Waals surface area contributed by atoms with Gasteiger partial charge in [-0.1, -0.05) is 0 Å². The third-order valence-electron chi connectivity index (χ3n) is 5.26. The molecule has 2 heterocycles. The topological polar surface area (TPSA) is 206 Å². The molecule has 0 aromatic rings. The maximum atomic E-state index is 12.0. The summed E-state index contributed by atoms with van der Waals surface area (Å²) in [5.74, 6) is -4.83. The third-order valence-corrected chi connectivity index (χ3v) is 5.26. The van der Waals surface area contributed by atoms with Crippen LogP contribution in [0.4, 0.5) is 0 Å². The van der Waals surface area contributed by atoms with Crippen LogP contribution in [0.2, 0.25) is 0 Å². The molecule has 0 aromatic heterocycles. The Morgan fingerprint density at radius 1 is 0.641 bits per heavy atom. The van der Waals surface area contributed by atoms with Crippen LogP contribution in [-0.2, 0) is 71.4 Å². The minimum atomic E-state index is -1.86. The predicted molar refractivity (Wildman–Crippen MR) is 120 cm³/mol. The van der Waals surface area contributed by atoms with Crippen molar-refractivity contribution in [2.24, 2.45) is 0 Å². The molecule has 0 amide bonds. The number of rotatable bonds is 9. The van der Waals surface area contributed by atoms with Gasteiger partial charge < -0.3 is 47.7 Å². The van der Waals surface area contributed by atoms with E-state index in [2.05, 4.69) is 0 Å². The molecule has 1 N–H and O–H groups in total. The molecule has 0 spiro atoms. The molecule has 2 aliphatic rings. The molecule has 2 saturated heterocycles. The van der Waals surface area contributed by atoms with Crippen LogP contribution in [0.3, 0.4) is 0 Å². The van der Waals surface area contributed by atoms with Gasteiger partial charge in [0.2, 0.25) is 0 Å². The molecule has 0 saturated carbocycles. The predicted octanol–water partition coefficient (Wildman–Crippen LogP) is -1.33. The molecular formula is C23H32O16. The smallest absolute Gasteiger partial charge is 0.303 e. The highest BCUT2D eigenvalue weighted by Gasteiger charge is 2.55. The fraction of sp³-hybridized carbons (Fsp3) is 0.739. The molecule has 0 bridgehead atoms. The van der Waals surface area contributed by atoms with Crippen LogP contribution >= 0.6 is 0 Å². The molecule has 39 heavy (non-hydrogen) atoms. The summed E-state index contributed by atoms with van der Waals surface area (Å²) in [6, 6.07) is 0. The van der Waals surface area contributed by atoms with Crippen LogP contribution in [0, 0.1) is 0 Å². The van der Waals surface area contributed by atoms with Gasteiger partial charge in [0.25, 0.3) is 0 Å². The lowest BCUT2D eigenvalue weighted by atomic mass is 9.97. The van der Waals surface area contributed by atoms with Crippen LogP contribution in [0.15, 0.2) is 0 Å². The fourth-order valence-corrected chi connectivity index (χ4v) is 4.02. The summed E-state index contributed by atoms with van der Waals surface area (Å²) in [7, 11) is 0. The van der Waals surface area contributed by atoms with E-state index in [4.69, 9.17) is 42.6 Å². The lowest BCUT2D eigenvalue weighted by Gasteiger charge is -2.46. The van der Waals surface area contributed by atoms with Crippen LogP contribution < -0.4 is 0 Å². The van der Waals surface area contributed by atoms with Gasteiger partial charge in [0, 0.05) is 41.5 Å². The number of aliphatic hydroxyl groups is 1. The van der Waals surface area contributed by atoms with Crippen LogP contribution in [0.1, 0.15) is 41.5 Å². The van der Waals surface area contributed by atoms with Crippen LogP contribution in [0.25, 0.3) is 0 Å². The number of esters is 6. The van der Waals surface area contributed by atoms with Gasteiger partial charge in [-0.2, -0.15) is 0 Å². The highest BCUT2D eigenvalue weighted by molar-refractivity contribution is 5.69. The summed E-state index contributed by atoms with van der Waals surface area (Å²) in [4.78, 5) is 70.6. The highest BCUT2D eigenvalue weighted by atomic mass is 16.8. The van der Waals surface area contributed by atoms with Gasteiger partial charge in [0.05, 0.1) is 6.61 Å². The number of hydrogen-bond acceptors (Lipinski definition) is 16. The summed E-state index contributed by atoms with van der Waals surface area (Å²) >= 11 is 0. The normalized spacial score (nSPS) is 32.2. The van der Waals surface area contributed by atoms with Crippen molar-refractivity contribution in [3.05, 3.63) is 0 Å². The second-order valence-electron chi connectivity index (χ2n) is 8.61. The molecule has 2 rings (SSSR count). The Labute approximate surface area is 223 Å². The van der Waals surface area contributed by atoms with E-state index in [1.54, 1.807) is 0 Å². The first-order valence-electron chi connectivity index (χ1n) is 11.8. The van der Waals surface area contributed by atoms with Crippen molar-refractivity contribution in [2.75, 3.05) is 13.2 Å².